The number of hydrogen-bond donors (Lipinski definition) is 4. The molecule has 4 aromatic carbocycles. The number of phenols is 4. The van der Waals surface area contributed by atoms with Gasteiger partial charge in [0, 0.05) is 12.1 Å². The van der Waals surface area contributed by atoms with Crippen molar-refractivity contribution in [1.82, 2.24) is 0 Å². The van der Waals surface area contributed by atoms with Gasteiger partial charge in [0.1, 0.15) is 11.5 Å². The molecule has 0 saturated carbocycles. The van der Waals surface area contributed by atoms with Gasteiger partial charge < -0.3 is 25.2 Å². The lowest BCUT2D eigenvalue weighted by atomic mass is 10.3. The molecule has 6 heteroatoms. The van der Waals surface area contributed by atoms with Crippen LogP contribution in [0.2, 0.25) is 0 Å². The second-order valence-corrected chi connectivity index (χ2v) is 7.67. The van der Waals surface area contributed by atoms with E-state index in [1.165, 1.54) is 47.0 Å². The van der Waals surface area contributed by atoms with Crippen LogP contribution in [0.25, 0.3) is 0 Å². The average Bonchev–Trinajstić information content (AvgIpc) is 2.75. The molecule has 30 heavy (non-hydrogen) atoms. The molecule has 0 radical (unpaired) electrons. The van der Waals surface area contributed by atoms with Crippen molar-refractivity contribution < 1.29 is 25.2 Å². The Morgan fingerprint density at radius 2 is 0.900 bits per heavy atom. The van der Waals surface area contributed by atoms with Crippen LogP contribution in [0.4, 0.5) is 0 Å². The highest BCUT2D eigenvalue weighted by Gasteiger charge is 2.09. The minimum Gasteiger partial charge on any atom is -0.508 e. The Kier molecular flexibility index (Phi) is 7.14. The van der Waals surface area contributed by atoms with Crippen LogP contribution in [0.5, 0.6) is 34.5 Å². The van der Waals surface area contributed by atoms with Crippen LogP contribution in [0.1, 0.15) is 0 Å². The Morgan fingerprint density at radius 1 is 0.500 bits per heavy atom. The summed E-state index contributed by atoms with van der Waals surface area (Å²) in [6, 6.07) is 28.6. The van der Waals surface area contributed by atoms with Crippen molar-refractivity contribution in [2.75, 3.05) is 0 Å². The van der Waals surface area contributed by atoms with Crippen LogP contribution in [0, 0.1) is 0 Å². The van der Waals surface area contributed by atoms with Crippen LogP contribution in [0.15, 0.2) is 97.1 Å². The van der Waals surface area contributed by atoms with Gasteiger partial charge in [-0.2, -0.15) is 0 Å². The summed E-state index contributed by atoms with van der Waals surface area (Å²) in [5, 5.41) is 40.2. The highest BCUT2D eigenvalue weighted by atomic mass is 31.1. The maximum atomic E-state index is 9.48. The Labute approximate surface area is 176 Å². The second kappa shape index (κ2) is 10.2. The molecule has 4 aromatic rings. The van der Waals surface area contributed by atoms with Gasteiger partial charge in [-0.1, -0.05) is 69.2 Å². The summed E-state index contributed by atoms with van der Waals surface area (Å²) < 4.78 is 5.18. The molecule has 0 bridgehead atoms. The van der Waals surface area contributed by atoms with Crippen LogP contribution in [-0.4, -0.2) is 20.4 Å². The normalized spacial score (nSPS) is 10.0. The molecular formula is C24H21O5P. The molecule has 0 aliphatic carbocycles. The lowest BCUT2D eigenvalue weighted by molar-refractivity contribution is 0.377. The van der Waals surface area contributed by atoms with Crippen LogP contribution < -0.4 is 15.3 Å². The van der Waals surface area contributed by atoms with Gasteiger partial charge in [0.05, 0.1) is 0 Å². The molecule has 0 aliphatic rings. The Balaban J connectivity index is 0.000000177. The first-order valence-corrected chi connectivity index (χ1v) is 10.1. The Bertz CT molecular complexity index is 998. The SMILES string of the molecule is Oc1ccc(O)c(Oc2cc(O)ccc2O)c1.c1ccc(Pc2ccccc2)cc1. The zero-order valence-electron chi connectivity index (χ0n) is 15.9. The van der Waals surface area contributed by atoms with Gasteiger partial charge in [-0.15, -0.1) is 0 Å². The lowest BCUT2D eigenvalue weighted by Crippen LogP contribution is -2.01. The van der Waals surface area contributed by atoms with Crippen LogP contribution in [0.3, 0.4) is 0 Å². The van der Waals surface area contributed by atoms with E-state index in [0.29, 0.717) is 0 Å². The Morgan fingerprint density at radius 3 is 1.30 bits per heavy atom. The summed E-state index contributed by atoms with van der Waals surface area (Å²) in [5.74, 6) is -0.595. The number of rotatable bonds is 4. The molecule has 0 aromatic heterocycles. The maximum Gasteiger partial charge on any atom is 0.172 e. The number of hydrogen-bond acceptors (Lipinski definition) is 5. The van der Waals surface area contributed by atoms with Crippen molar-refractivity contribution >= 4 is 19.2 Å². The van der Waals surface area contributed by atoms with Gasteiger partial charge in [-0.05, 0) is 34.9 Å². The number of phenolic OH excluding ortho intramolecular Hbond substituents is 4. The van der Waals surface area contributed by atoms with Crippen molar-refractivity contribution in [2.45, 2.75) is 0 Å². The monoisotopic (exact) mass is 420 g/mol. The summed E-state index contributed by atoms with van der Waals surface area (Å²) >= 11 is 0. The van der Waals surface area contributed by atoms with E-state index < -0.39 is 0 Å². The smallest absolute Gasteiger partial charge is 0.172 e. The van der Waals surface area contributed by atoms with E-state index in [2.05, 4.69) is 60.7 Å². The Hall–Kier alpha value is -3.69. The second-order valence-electron chi connectivity index (χ2n) is 6.26. The summed E-state index contributed by atoms with van der Waals surface area (Å²) in [6.07, 6.45) is 0. The van der Waals surface area contributed by atoms with Crippen molar-refractivity contribution in [3.05, 3.63) is 97.1 Å². The molecule has 0 amide bonds. The molecule has 5 nitrogen and oxygen atoms in total. The predicted molar refractivity (Wildman–Crippen MR) is 120 cm³/mol. The first-order valence-electron chi connectivity index (χ1n) is 9.10. The fourth-order valence-electron chi connectivity index (χ4n) is 2.50. The van der Waals surface area contributed by atoms with Gasteiger partial charge in [-0.3, -0.25) is 0 Å². The average molecular weight is 420 g/mol. The highest BCUT2D eigenvalue weighted by Crippen LogP contribution is 2.38. The molecule has 0 unspecified atom stereocenters. The third-order valence-corrected chi connectivity index (χ3v) is 5.19. The number of benzene rings is 4. The topological polar surface area (TPSA) is 90.2 Å². The summed E-state index contributed by atoms with van der Waals surface area (Å²) in [5.41, 5.74) is 0. The standard InChI is InChI=1S/C12H10O5.C12H11P/c13-7-1-3-9(15)11(5-7)17-12-6-8(14)2-4-10(12)16;1-3-7-11(8-4-1)13-12-9-5-2-6-10-12/h1-6,13-16H;1-10,13H. The summed E-state index contributed by atoms with van der Waals surface area (Å²) in [6.45, 7) is 0. The van der Waals surface area contributed by atoms with Crippen molar-refractivity contribution in [1.29, 1.82) is 0 Å². The first kappa shape index (κ1) is 21.0. The molecule has 0 atom stereocenters. The van der Waals surface area contributed by atoms with Gasteiger partial charge in [0.15, 0.2) is 23.0 Å². The van der Waals surface area contributed by atoms with E-state index >= 15 is 0 Å². The quantitative estimate of drug-likeness (QED) is 0.286. The molecule has 0 spiro atoms. The van der Waals surface area contributed by atoms with E-state index in [1.54, 1.807) is 0 Å². The number of aromatic hydroxyl groups is 4. The van der Waals surface area contributed by atoms with E-state index in [9.17, 15) is 20.4 Å². The molecule has 0 aliphatic heterocycles. The van der Waals surface area contributed by atoms with Gasteiger partial charge in [0.25, 0.3) is 0 Å². The zero-order valence-corrected chi connectivity index (χ0v) is 16.9. The largest absolute Gasteiger partial charge is 0.508 e. The molecule has 4 rings (SSSR count). The predicted octanol–water partition coefficient (Wildman–Crippen LogP) is 4.62. The lowest BCUT2D eigenvalue weighted by Gasteiger charge is -2.09. The molecule has 0 heterocycles. The van der Waals surface area contributed by atoms with Gasteiger partial charge >= 0.3 is 0 Å². The van der Waals surface area contributed by atoms with E-state index in [0.717, 1.165) is 8.58 Å². The van der Waals surface area contributed by atoms with Crippen molar-refractivity contribution in [2.24, 2.45) is 0 Å². The molecule has 152 valence electrons. The molecule has 0 saturated heterocycles. The third kappa shape index (κ3) is 6.16. The molecular weight excluding hydrogens is 399 g/mol. The summed E-state index contributed by atoms with van der Waals surface area (Å²) in [4.78, 5) is 0. The van der Waals surface area contributed by atoms with Gasteiger partial charge in [0.2, 0.25) is 0 Å². The minimum atomic E-state index is -0.189. The van der Waals surface area contributed by atoms with Crippen molar-refractivity contribution in [3.8, 4) is 34.5 Å². The van der Waals surface area contributed by atoms with Gasteiger partial charge in [-0.25, -0.2) is 0 Å². The highest BCUT2D eigenvalue weighted by molar-refractivity contribution is 7.55. The van der Waals surface area contributed by atoms with E-state index in [4.69, 9.17) is 4.74 Å². The van der Waals surface area contributed by atoms with Crippen LogP contribution >= 0.6 is 8.58 Å². The molecule has 4 N–H and O–H groups in total. The summed E-state index contributed by atoms with van der Waals surface area (Å²) in [7, 11) is 0.777. The number of ether oxygens (including phenoxy) is 1. The van der Waals surface area contributed by atoms with E-state index in [-0.39, 0.29) is 34.5 Å². The van der Waals surface area contributed by atoms with Crippen molar-refractivity contribution in [3.63, 3.8) is 0 Å². The first-order chi connectivity index (χ1) is 14.5. The zero-order chi connectivity index (χ0) is 21.3. The fourth-order valence-corrected chi connectivity index (χ4v) is 3.55. The minimum absolute atomic E-state index is 0.0223. The fraction of sp³-hybridized carbons (Fsp3) is 0. The molecule has 0 fully saturated rings. The van der Waals surface area contributed by atoms with Crippen LogP contribution in [-0.2, 0) is 0 Å². The van der Waals surface area contributed by atoms with E-state index in [1.807, 2.05) is 0 Å². The maximum absolute atomic E-state index is 9.48. The third-order valence-electron chi connectivity index (χ3n) is 3.94.